The second-order valence-electron chi connectivity index (χ2n) is 7.50. The lowest BCUT2D eigenvalue weighted by molar-refractivity contribution is -0.0721. The predicted octanol–water partition coefficient (Wildman–Crippen LogP) is 2.13. The van der Waals surface area contributed by atoms with Crippen molar-refractivity contribution in [3.05, 3.63) is 30.1 Å². The van der Waals surface area contributed by atoms with Gasteiger partial charge < -0.3 is 24.8 Å². The number of aliphatic imine (C=N–C) groups is 1. The van der Waals surface area contributed by atoms with Gasteiger partial charge in [0.1, 0.15) is 0 Å². The Morgan fingerprint density at radius 3 is 2.79 bits per heavy atom. The smallest absolute Gasteiger partial charge is 0.194 e. The van der Waals surface area contributed by atoms with E-state index >= 15 is 0 Å². The zero-order valence-corrected chi connectivity index (χ0v) is 16.9. The lowest BCUT2D eigenvalue weighted by atomic mass is 10.1. The Kier molecular flexibility index (Phi) is 8.51. The number of nitrogens with zero attached hydrogens (tertiary/aromatic N) is 3. The molecule has 0 amide bonds. The average Bonchev–Trinajstić information content (AvgIpc) is 2.77. The number of nitrogens with one attached hydrogen (secondary N) is 1. The maximum Gasteiger partial charge on any atom is 0.194 e. The second-order valence-corrected chi connectivity index (χ2v) is 7.50. The van der Waals surface area contributed by atoms with Crippen molar-refractivity contribution in [3.8, 4) is 0 Å². The Hall–Kier alpha value is -1.70. The molecule has 2 atom stereocenters. The van der Waals surface area contributed by atoms with Crippen LogP contribution in [0.5, 0.6) is 0 Å². The number of ether oxygens (including phenoxy) is 2. The number of likely N-dealkylation sites (tertiary alicyclic amines) is 1. The molecule has 1 aromatic rings. The van der Waals surface area contributed by atoms with E-state index in [0.29, 0.717) is 12.6 Å². The number of pyridine rings is 1. The SMILES string of the molecule is CCNC(=NCC(O)c1ccncc1)N1CCC(OCC2CCCCO2)CC1. The fourth-order valence-corrected chi connectivity index (χ4v) is 3.71. The van der Waals surface area contributed by atoms with E-state index in [0.717, 1.165) is 63.6 Å². The summed E-state index contributed by atoms with van der Waals surface area (Å²) in [6.45, 7) is 6.62. The maximum atomic E-state index is 10.4. The van der Waals surface area contributed by atoms with E-state index < -0.39 is 6.10 Å². The molecule has 0 aliphatic carbocycles. The van der Waals surface area contributed by atoms with Crippen LogP contribution in [0, 0.1) is 0 Å². The van der Waals surface area contributed by atoms with Crippen LogP contribution in [0.25, 0.3) is 0 Å². The highest BCUT2D eigenvalue weighted by Gasteiger charge is 2.24. The van der Waals surface area contributed by atoms with Crippen molar-refractivity contribution in [2.45, 2.75) is 57.3 Å². The quantitative estimate of drug-likeness (QED) is 0.549. The summed E-state index contributed by atoms with van der Waals surface area (Å²) in [7, 11) is 0. The summed E-state index contributed by atoms with van der Waals surface area (Å²) in [6.07, 6.45) is 8.87. The first-order valence-corrected chi connectivity index (χ1v) is 10.6. The van der Waals surface area contributed by atoms with E-state index in [-0.39, 0.29) is 6.10 Å². The molecule has 7 heteroatoms. The highest BCUT2D eigenvalue weighted by molar-refractivity contribution is 5.80. The first-order valence-electron chi connectivity index (χ1n) is 10.6. The molecule has 0 spiro atoms. The number of guanidine groups is 1. The molecule has 3 rings (SSSR count). The first-order chi connectivity index (χ1) is 13.8. The Bertz CT molecular complexity index is 585. The number of piperidine rings is 1. The van der Waals surface area contributed by atoms with E-state index in [4.69, 9.17) is 9.47 Å². The number of aliphatic hydroxyl groups is 1. The summed E-state index contributed by atoms with van der Waals surface area (Å²) >= 11 is 0. The van der Waals surface area contributed by atoms with Gasteiger partial charge in [0.05, 0.1) is 31.5 Å². The molecule has 2 saturated heterocycles. The minimum atomic E-state index is -0.618. The van der Waals surface area contributed by atoms with Crippen LogP contribution in [-0.2, 0) is 9.47 Å². The van der Waals surface area contributed by atoms with Gasteiger partial charge in [-0.3, -0.25) is 9.98 Å². The van der Waals surface area contributed by atoms with E-state index in [1.165, 1.54) is 12.8 Å². The second kappa shape index (κ2) is 11.3. The molecule has 1 aromatic heterocycles. The third-order valence-corrected chi connectivity index (χ3v) is 5.37. The fraction of sp³-hybridized carbons (Fsp3) is 0.714. The standard InChI is InChI=1S/C21H34N4O3/c1-2-23-21(24-15-20(26)17-6-10-22-11-7-17)25-12-8-18(9-13-25)28-16-19-5-3-4-14-27-19/h6-7,10-11,18-20,26H,2-5,8-9,12-16H2,1H3,(H,23,24). The molecule has 28 heavy (non-hydrogen) atoms. The summed E-state index contributed by atoms with van der Waals surface area (Å²) in [5.74, 6) is 0.865. The zero-order valence-electron chi connectivity index (χ0n) is 16.9. The molecule has 2 fully saturated rings. The van der Waals surface area contributed by atoms with Gasteiger partial charge in [-0.1, -0.05) is 0 Å². The van der Waals surface area contributed by atoms with Gasteiger partial charge in [-0.15, -0.1) is 0 Å². The van der Waals surface area contributed by atoms with Crippen molar-refractivity contribution in [1.29, 1.82) is 0 Å². The molecule has 0 saturated carbocycles. The molecule has 0 aromatic carbocycles. The third kappa shape index (κ3) is 6.43. The molecule has 0 radical (unpaired) electrons. The van der Waals surface area contributed by atoms with Crippen LogP contribution in [0.15, 0.2) is 29.5 Å². The van der Waals surface area contributed by atoms with Crippen LogP contribution in [0.3, 0.4) is 0 Å². The number of rotatable bonds is 7. The topological polar surface area (TPSA) is 79.2 Å². The normalized spacial score (nSPS) is 22.9. The van der Waals surface area contributed by atoms with Crippen molar-refractivity contribution in [3.63, 3.8) is 0 Å². The molecule has 7 nitrogen and oxygen atoms in total. The lowest BCUT2D eigenvalue weighted by Gasteiger charge is -2.35. The molecule has 3 heterocycles. The van der Waals surface area contributed by atoms with Crippen molar-refractivity contribution < 1.29 is 14.6 Å². The predicted molar refractivity (Wildman–Crippen MR) is 109 cm³/mol. The summed E-state index contributed by atoms with van der Waals surface area (Å²) in [4.78, 5) is 10.9. The van der Waals surface area contributed by atoms with Crippen molar-refractivity contribution in [2.75, 3.05) is 39.4 Å². The van der Waals surface area contributed by atoms with E-state index in [9.17, 15) is 5.11 Å². The highest BCUT2D eigenvalue weighted by Crippen LogP contribution is 2.18. The minimum Gasteiger partial charge on any atom is -0.386 e. The van der Waals surface area contributed by atoms with Crippen molar-refractivity contribution in [1.82, 2.24) is 15.2 Å². The Balaban J connectivity index is 1.45. The summed E-state index contributed by atoms with van der Waals surface area (Å²) in [6, 6.07) is 3.65. The van der Waals surface area contributed by atoms with Gasteiger partial charge in [0.15, 0.2) is 5.96 Å². The van der Waals surface area contributed by atoms with Gasteiger partial charge in [-0.2, -0.15) is 0 Å². The van der Waals surface area contributed by atoms with E-state index in [2.05, 4.69) is 27.1 Å². The van der Waals surface area contributed by atoms with Gasteiger partial charge in [0.2, 0.25) is 0 Å². The average molecular weight is 391 g/mol. The molecular formula is C21H34N4O3. The van der Waals surface area contributed by atoms with Crippen molar-refractivity contribution in [2.24, 2.45) is 4.99 Å². The third-order valence-electron chi connectivity index (χ3n) is 5.37. The molecule has 2 N–H and O–H groups in total. The van der Waals surface area contributed by atoms with Crippen LogP contribution in [0.2, 0.25) is 0 Å². The van der Waals surface area contributed by atoms with Gasteiger partial charge in [-0.25, -0.2) is 0 Å². The minimum absolute atomic E-state index is 0.278. The summed E-state index contributed by atoms with van der Waals surface area (Å²) in [5, 5.41) is 13.7. The first kappa shape index (κ1) is 21.0. The Labute approximate surface area is 168 Å². The monoisotopic (exact) mass is 390 g/mol. The number of aliphatic hydroxyl groups excluding tert-OH is 1. The lowest BCUT2D eigenvalue weighted by Crippen LogP contribution is -2.47. The molecule has 0 bridgehead atoms. The van der Waals surface area contributed by atoms with Gasteiger partial charge in [-0.05, 0) is 56.7 Å². The van der Waals surface area contributed by atoms with Gasteiger partial charge in [0.25, 0.3) is 0 Å². The van der Waals surface area contributed by atoms with Crippen LogP contribution in [-0.4, -0.2) is 72.6 Å². The number of hydrogen-bond acceptors (Lipinski definition) is 5. The van der Waals surface area contributed by atoms with Gasteiger partial charge in [0, 0.05) is 38.6 Å². The Morgan fingerprint density at radius 2 is 2.11 bits per heavy atom. The van der Waals surface area contributed by atoms with Crippen LogP contribution in [0.4, 0.5) is 0 Å². The molecular weight excluding hydrogens is 356 g/mol. The molecule has 2 unspecified atom stereocenters. The van der Waals surface area contributed by atoms with Crippen LogP contribution < -0.4 is 5.32 Å². The maximum absolute atomic E-state index is 10.4. The van der Waals surface area contributed by atoms with E-state index in [1.54, 1.807) is 12.4 Å². The highest BCUT2D eigenvalue weighted by atomic mass is 16.5. The summed E-state index contributed by atoms with van der Waals surface area (Å²) in [5.41, 5.74) is 0.839. The molecule has 2 aliphatic rings. The number of hydrogen-bond donors (Lipinski definition) is 2. The zero-order chi connectivity index (χ0) is 19.6. The van der Waals surface area contributed by atoms with Crippen molar-refractivity contribution >= 4 is 5.96 Å². The fourth-order valence-electron chi connectivity index (χ4n) is 3.71. The van der Waals surface area contributed by atoms with Gasteiger partial charge >= 0.3 is 0 Å². The Morgan fingerprint density at radius 1 is 1.32 bits per heavy atom. The molecule has 2 aliphatic heterocycles. The molecule has 156 valence electrons. The van der Waals surface area contributed by atoms with Crippen LogP contribution >= 0.6 is 0 Å². The van der Waals surface area contributed by atoms with E-state index in [1.807, 2.05) is 12.1 Å². The largest absolute Gasteiger partial charge is 0.386 e. The number of aromatic nitrogens is 1. The van der Waals surface area contributed by atoms with Crippen LogP contribution in [0.1, 0.15) is 50.7 Å². The summed E-state index contributed by atoms with van der Waals surface area (Å²) < 4.78 is 11.9.